The van der Waals surface area contributed by atoms with Crippen LogP contribution in [0.5, 0.6) is 0 Å². The predicted molar refractivity (Wildman–Crippen MR) is 129 cm³/mol. The Bertz CT molecular complexity index is 383. The molecule has 1 aliphatic rings. The fourth-order valence-electron chi connectivity index (χ4n) is 4.78. The minimum absolute atomic E-state index is 0.0772. The van der Waals surface area contributed by atoms with Crippen LogP contribution < -0.4 is 0 Å². The van der Waals surface area contributed by atoms with Gasteiger partial charge in [-0.15, -0.1) is 0 Å². The Morgan fingerprint density at radius 1 is 0.778 bits per heavy atom. The molecule has 0 aromatic rings. The molecular formula is C24H50OSiSn. The molecule has 0 N–H and O–H groups in total. The first-order valence-electron chi connectivity index (χ1n) is 12.2. The van der Waals surface area contributed by atoms with Gasteiger partial charge in [-0.2, -0.15) is 0 Å². The van der Waals surface area contributed by atoms with Crippen LogP contribution in [-0.2, 0) is 4.43 Å². The molecule has 0 bridgehead atoms. The third-order valence-electron chi connectivity index (χ3n) is 6.28. The van der Waals surface area contributed by atoms with Crippen LogP contribution >= 0.6 is 0 Å². The average molecular weight is 501 g/mol. The van der Waals surface area contributed by atoms with Gasteiger partial charge < -0.3 is 0 Å². The molecule has 0 saturated heterocycles. The molecule has 3 heteroatoms. The van der Waals surface area contributed by atoms with Crippen LogP contribution in [0, 0.1) is 0 Å². The Morgan fingerprint density at radius 3 is 1.59 bits per heavy atom. The Morgan fingerprint density at radius 2 is 1.22 bits per heavy atom. The van der Waals surface area contributed by atoms with Crippen molar-refractivity contribution in [1.82, 2.24) is 0 Å². The first-order valence-corrected chi connectivity index (χ1v) is 23.3. The van der Waals surface area contributed by atoms with Gasteiger partial charge in [0.05, 0.1) is 0 Å². The first-order chi connectivity index (χ1) is 12.8. The van der Waals surface area contributed by atoms with Crippen LogP contribution in [0.1, 0.15) is 97.8 Å². The summed E-state index contributed by atoms with van der Waals surface area (Å²) in [4.78, 5) is 0. The fraction of sp³-hybridized carbons (Fsp3) is 0.917. The van der Waals surface area contributed by atoms with Gasteiger partial charge >= 0.3 is 178 Å². The van der Waals surface area contributed by atoms with Crippen molar-refractivity contribution in [2.24, 2.45) is 0 Å². The van der Waals surface area contributed by atoms with Crippen LogP contribution in [0.15, 0.2) is 10.2 Å². The summed E-state index contributed by atoms with van der Waals surface area (Å²) in [5.41, 5.74) is 0.0772. The average Bonchev–Trinajstić information content (AvgIpc) is 2.85. The van der Waals surface area contributed by atoms with E-state index in [1.54, 1.807) is 13.3 Å². The maximum absolute atomic E-state index is 6.94. The molecule has 1 saturated carbocycles. The third-order valence-corrected chi connectivity index (χ3v) is 21.4. The van der Waals surface area contributed by atoms with E-state index in [1.807, 2.05) is 0 Å². The molecule has 0 radical (unpaired) electrons. The van der Waals surface area contributed by atoms with Gasteiger partial charge in [0, 0.05) is 0 Å². The third kappa shape index (κ3) is 10.3. The van der Waals surface area contributed by atoms with Crippen molar-refractivity contribution < 1.29 is 4.43 Å². The Kier molecular flexibility index (Phi) is 12.5. The quantitative estimate of drug-likeness (QED) is 0.181. The normalized spacial score (nSPS) is 18.7. The van der Waals surface area contributed by atoms with Crippen molar-refractivity contribution in [1.29, 1.82) is 0 Å². The fourth-order valence-corrected chi connectivity index (χ4v) is 20.8. The summed E-state index contributed by atoms with van der Waals surface area (Å²) in [6, 6.07) is 0. The van der Waals surface area contributed by atoms with E-state index in [2.05, 4.69) is 50.6 Å². The van der Waals surface area contributed by atoms with Gasteiger partial charge in [0.1, 0.15) is 0 Å². The van der Waals surface area contributed by atoms with E-state index < -0.39 is 26.7 Å². The second kappa shape index (κ2) is 13.1. The molecule has 0 atom stereocenters. The van der Waals surface area contributed by atoms with E-state index >= 15 is 0 Å². The van der Waals surface area contributed by atoms with Crippen LogP contribution in [0.4, 0.5) is 0 Å². The molecule has 1 nitrogen and oxygen atoms in total. The SMILES string of the molecule is CCC[CH2][Sn](/[CH]=C/C1(O[Si](C)(C)C)CCCCCC1)([CH2]CCC)[CH2]CCC. The monoisotopic (exact) mass is 502 g/mol. The molecule has 0 aromatic heterocycles. The predicted octanol–water partition coefficient (Wildman–Crippen LogP) is 8.88. The number of rotatable bonds is 13. The van der Waals surface area contributed by atoms with Gasteiger partial charge in [0.15, 0.2) is 0 Å². The number of hydrogen-bond acceptors (Lipinski definition) is 1. The second-order valence-corrected chi connectivity index (χ2v) is 27.6. The van der Waals surface area contributed by atoms with Crippen molar-refractivity contribution in [3.05, 3.63) is 10.2 Å². The maximum atomic E-state index is 6.94. The molecule has 0 amide bonds. The zero-order valence-electron chi connectivity index (χ0n) is 19.7. The van der Waals surface area contributed by atoms with Crippen LogP contribution in [0.25, 0.3) is 0 Å². The Balaban J connectivity index is 3.13. The summed E-state index contributed by atoms with van der Waals surface area (Å²) < 4.78 is 14.6. The standard InChI is InChI=1S/C12H23OSi.3C4H9.Sn/c1-5-12(13-14(2,3)4)10-8-6-7-9-11-12;3*1-3-4-2;/h1,5H,6-11H2,2-4H3;3*1,3-4H2,2H3;. The van der Waals surface area contributed by atoms with Gasteiger partial charge in [0.2, 0.25) is 0 Å². The van der Waals surface area contributed by atoms with E-state index in [1.165, 1.54) is 77.0 Å². The van der Waals surface area contributed by atoms with E-state index in [9.17, 15) is 0 Å². The summed E-state index contributed by atoms with van der Waals surface area (Å²) in [5.74, 6) is 0. The van der Waals surface area contributed by atoms with Gasteiger partial charge in [-0.25, -0.2) is 0 Å². The van der Waals surface area contributed by atoms with E-state index in [4.69, 9.17) is 4.43 Å². The topological polar surface area (TPSA) is 9.23 Å². The zero-order valence-corrected chi connectivity index (χ0v) is 23.5. The van der Waals surface area contributed by atoms with Crippen LogP contribution in [0.2, 0.25) is 33.0 Å². The van der Waals surface area contributed by atoms with Crippen molar-refractivity contribution >= 4 is 26.7 Å². The molecule has 1 fully saturated rings. The molecule has 0 spiro atoms. The summed E-state index contributed by atoms with van der Waals surface area (Å²) in [7, 11) is -1.54. The minimum atomic E-state index is -2.21. The van der Waals surface area contributed by atoms with Crippen molar-refractivity contribution in [2.75, 3.05) is 0 Å². The Hall–Kier alpha value is 0.716. The van der Waals surface area contributed by atoms with Crippen molar-refractivity contribution in [3.63, 3.8) is 0 Å². The van der Waals surface area contributed by atoms with Gasteiger partial charge in [-0.3, -0.25) is 0 Å². The molecule has 1 aliphatic carbocycles. The van der Waals surface area contributed by atoms with Gasteiger partial charge in [0.25, 0.3) is 0 Å². The van der Waals surface area contributed by atoms with E-state index in [-0.39, 0.29) is 5.60 Å². The molecule has 0 aromatic carbocycles. The van der Waals surface area contributed by atoms with Crippen molar-refractivity contribution in [3.8, 4) is 0 Å². The van der Waals surface area contributed by atoms with Crippen LogP contribution in [0.3, 0.4) is 0 Å². The Labute approximate surface area is 177 Å². The zero-order chi connectivity index (χ0) is 20.2. The van der Waals surface area contributed by atoms with Gasteiger partial charge in [-0.1, -0.05) is 0 Å². The van der Waals surface area contributed by atoms with E-state index in [0.29, 0.717) is 0 Å². The van der Waals surface area contributed by atoms with Crippen LogP contribution in [-0.4, -0.2) is 32.3 Å². The molecule has 27 heavy (non-hydrogen) atoms. The molecule has 0 heterocycles. The first kappa shape index (κ1) is 25.8. The molecule has 0 aliphatic heterocycles. The second-order valence-electron chi connectivity index (χ2n) is 10.2. The summed E-state index contributed by atoms with van der Waals surface area (Å²) >= 11 is -2.21. The molecular weight excluding hydrogens is 451 g/mol. The summed E-state index contributed by atoms with van der Waals surface area (Å²) in [6.45, 7) is 14.3. The molecule has 160 valence electrons. The molecule has 0 unspecified atom stereocenters. The number of unbranched alkanes of at least 4 members (excludes halogenated alkanes) is 3. The van der Waals surface area contributed by atoms with E-state index in [0.717, 1.165) is 0 Å². The molecule has 1 rings (SSSR count). The van der Waals surface area contributed by atoms with Gasteiger partial charge in [-0.05, 0) is 0 Å². The van der Waals surface area contributed by atoms with Crippen molar-refractivity contribution in [2.45, 2.75) is 136 Å². The summed E-state index contributed by atoms with van der Waals surface area (Å²) in [6.07, 6.45) is 19.2. The number of hydrogen-bond donors (Lipinski definition) is 0. The summed E-state index contributed by atoms with van der Waals surface area (Å²) in [5, 5.41) is 0.